The molecule has 28 heavy (non-hydrogen) atoms. The van der Waals surface area contributed by atoms with Gasteiger partial charge in [0.25, 0.3) is 0 Å². The van der Waals surface area contributed by atoms with Crippen molar-refractivity contribution in [1.82, 2.24) is 10.2 Å². The van der Waals surface area contributed by atoms with Crippen LogP contribution in [0.25, 0.3) is 11.1 Å². The number of nitrogens with zero attached hydrogens (tertiary/aromatic N) is 1. The minimum atomic E-state index is -0.591. The molecule has 2 aliphatic rings. The zero-order valence-corrected chi connectivity index (χ0v) is 15.8. The van der Waals surface area contributed by atoms with Crippen molar-refractivity contribution < 1.29 is 13.6 Å². The van der Waals surface area contributed by atoms with E-state index in [9.17, 15) is 13.6 Å². The summed E-state index contributed by atoms with van der Waals surface area (Å²) in [6.07, 6.45) is 4.10. The van der Waals surface area contributed by atoms with Crippen molar-refractivity contribution in [3.63, 3.8) is 0 Å². The predicted molar refractivity (Wildman–Crippen MR) is 105 cm³/mol. The molecular weight excluding hydrogens is 360 g/mol. The number of fused-ring (bicyclic) bond motifs is 1. The molecule has 4 rings (SSSR count). The van der Waals surface area contributed by atoms with E-state index < -0.39 is 11.6 Å². The third-order valence-corrected chi connectivity index (χ3v) is 5.84. The molecule has 1 heterocycles. The van der Waals surface area contributed by atoms with E-state index in [1.807, 2.05) is 12.1 Å². The van der Waals surface area contributed by atoms with Gasteiger partial charge in [-0.3, -0.25) is 0 Å². The molecule has 0 bridgehead atoms. The Labute approximate surface area is 163 Å². The first-order valence-electron chi connectivity index (χ1n) is 9.92. The van der Waals surface area contributed by atoms with Crippen LogP contribution in [0, 0.1) is 11.6 Å². The summed E-state index contributed by atoms with van der Waals surface area (Å²) in [5.41, 5.74) is 8.36. The zero-order chi connectivity index (χ0) is 19.7. The highest BCUT2D eigenvalue weighted by atomic mass is 19.1. The molecule has 0 spiro atoms. The summed E-state index contributed by atoms with van der Waals surface area (Å²) < 4.78 is 28.8. The highest BCUT2D eigenvalue weighted by molar-refractivity contribution is 5.77. The van der Waals surface area contributed by atoms with Crippen LogP contribution in [0.1, 0.15) is 42.9 Å². The molecule has 2 atom stereocenters. The van der Waals surface area contributed by atoms with Gasteiger partial charge in [0.2, 0.25) is 0 Å². The van der Waals surface area contributed by atoms with Crippen LogP contribution in [-0.2, 0) is 6.42 Å². The van der Waals surface area contributed by atoms with Crippen LogP contribution in [0.5, 0.6) is 0 Å². The zero-order valence-electron chi connectivity index (χ0n) is 15.8. The van der Waals surface area contributed by atoms with Crippen molar-refractivity contribution >= 4 is 6.03 Å². The van der Waals surface area contributed by atoms with Crippen LogP contribution in [0.4, 0.5) is 13.6 Å². The molecule has 1 aliphatic heterocycles. The maximum atomic E-state index is 14.4. The second kappa shape index (κ2) is 7.87. The standard InChI is InChI=1S/C22H25F2N3O/c23-17-7-2-8-18(24)21(17)16-6-1-4-14-9-10-19(20(14)16)26-22(28)27-12-3-5-15(25)11-13-27/h1-2,4,6-8,15,19H,3,5,9-13,25H2,(H,26,28)/t15-,19?/m0/s1. The Balaban J connectivity index is 1.61. The molecule has 148 valence electrons. The maximum absolute atomic E-state index is 14.4. The number of halogens is 2. The van der Waals surface area contributed by atoms with Crippen LogP contribution in [0.15, 0.2) is 36.4 Å². The summed E-state index contributed by atoms with van der Waals surface area (Å²) in [4.78, 5) is 14.6. The number of aryl methyl sites for hydroxylation is 1. The highest BCUT2D eigenvalue weighted by Crippen LogP contribution is 2.40. The fraction of sp³-hybridized carbons (Fsp3) is 0.409. The Morgan fingerprint density at radius 1 is 1.04 bits per heavy atom. The van der Waals surface area contributed by atoms with Crippen molar-refractivity contribution in [2.45, 2.75) is 44.2 Å². The average Bonchev–Trinajstić information content (AvgIpc) is 2.94. The molecule has 2 amide bonds. The van der Waals surface area contributed by atoms with Gasteiger partial charge in [-0.15, -0.1) is 0 Å². The van der Waals surface area contributed by atoms with Crippen molar-refractivity contribution in [3.05, 3.63) is 59.2 Å². The second-order valence-electron chi connectivity index (χ2n) is 7.69. The van der Waals surface area contributed by atoms with Crippen molar-refractivity contribution in [2.75, 3.05) is 13.1 Å². The van der Waals surface area contributed by atoms with Crippen molar-refractivity contribution in [2.24, 2.45) is 5.73 Å². The third kappa shape index (κ3) is 3.61. The Morgan fingerprint density at radius 3 is 2.57 bits per heavy atom. The summed E-state index contributed by atoms with van der Waals surface area (Å²) in [6, 6.07) is 9.17. The SMILES string of the molecule is N[C@H]1CCCN(C(=O)NC2CCc3cccc(-c4c(F)cccc4F)c32)CC1. The second-order valence-corrected chi connectivity index (χ2v) is 7.69. The molecule has 0 saturated carbocycles. The van der Waals surface area contributed by atoms with Gasteiger partial charge in [-0.05, 0) is 60.9 Å². The molecule has 2 aromatic rings. The number of hydrogen-bond acceptors (Lipinski definition) is 2. The van der Waals surface area contributed by atoms with E-state index in [1.54, 1.807) is 11.0 Å². The monoisotopic (exact) mass is 385 g/mol. The minimum Gasteiger partial charge on any atom is -0.331 e. The van der Waals surface area contributed by atoms with Gasteiger partial charge in [-0.2, -0.15) is 0 Å². The van der Waals surface area contributed by atoms with E-state index in [0.29, 0.717) is 18.7 Å². The Morgan fingerprint density at radius 2 is 1.79 bits per heavy atom. The third-order valence-electron chi connectivity index (χ3n) is 5.84. The Bertz CT molecular complexity index is 866. The molecule has 1 unspecified atom stereocenters. The fourth-order valence-electron chi connectivity index (χ4n) is 4.37. The highest BCUT2D eigenvalue weighted by Gasteiger charge is 2.30. The lowest BCUT2D eigenvalue weighted by atomic mass is 9.94. The molecule has 0 radical (unpaired) electrons. The minimum absolute atomic E-state index is 0.0266. The van der Waals surface area contributed by atoms with E-state index in [-0.39, 0.29) is 23.7 Å². The fourth-order valence-corrected chi connectivity index (χ4v) is 4.37. The first-order chi connectivity index (χ1) is 13.5. The van der Waals surface area contributed by atoms with Crippen LogP contribution >= 0.6 is 0 Å². The number of carbonyl (C=O) groups excluding carboxylic acids is 1. The molecular formula is C22H25F2N3O. The van der Waals surface area contributed by atoms with Gasteiger partial charge in [0.15, 0.2) is 0 Å². The first-order valence-corrected chi connectivity index (χ1v) is 9.92. The molecule has 1 saturated heterocycles. The van der Waals surface area contributed by atoms with Gasteiger partial charge in [0.05, 0.1) is 11.6 Å². The van der Waals surface area contributed by atoms with E-state index in [1.165, 1.54) is 18.2 Å². The average molecular weight is 385 g/mol. The molecule has 2 aromatic carbocycles. The lowest BCUT2D eigenvalue weighted by Gasteiger charge is -2.25. The van der Waals surface area contributed by atoms with E-state index in [0.717, 1.165) is 43.2 Å². The number of carbonyl (C=O) groups is 1. The van der Waals surface area contributed by atoms with Crippen molar-refractivity contribution in [3.8, 4) is 11.1 Å². The quantitative estimate of drug-likeness (QED) is 0.816. The van der Waals surface area contributed by atoms with Gasteiger partial charge in [0, 0.05) is 19.1 Å². The molecule has 6 heteroatoms. The molecule has 0 aromatic heterocycles. The number of nitrogens with one attached hydrogen (secondary N) is 1. The number of amides is 2. The maximum Gasteiger partial charge on any atom is 0.317 e. The van der Waals surface area contributed by atoms with Gasteiger partial charge in [0.1, 0.15) is 11.6 Å². The van der Waals surface area contributed by atoms with Crippen LogP contribution in [-0.4, -0.2) is 30.1 Å². The first kappa shape index (κ1) is 18.9. The number of rotatable bonds is 2. The summed E-state index contributed by atoms with van der Waals surface area (Å²) in [7, 11) is 0. The molecule has 1 aliphatic carbocycles. The van der Waals surface area contributed by atoms with E-state index >= 15 is 0 Å². The summed E-state index contributed by atoms with van der Waals surface area (Å²) in [5, 5.41) is 3.10. The van der Waals surface area contributed by atoms with E-state index in [4.69, 9.17) is 5.73 Å². The molecule has 3 N–H and O–H groups in total. The smallest absolute Gasteiger partial charge is 0.317 e. The predicted octanol–water partition coefficient (Wildman–Crippen LogP) is 4.14. The lowest BCUT2D eigenvalue weighted by molar-refractivity contribution is 0.195. The Kier molecular flexibility index (Phi) is 5.31. The van der Waals surface area contributed by atoms with Gasteiger partial charge in [-0.25, -0.2) is 13.6 Å². The van der Waals surface area contributed by atoms with Gasteiger partial charge < -0.3 is 16.0 Å². The summed E-state index contributed by atoms with van der Waals surface area (Å²) in [6.45, 7) is 1.32. The van der Waals surface area contributed by atoms with Crippen molar-refractivity contribution in [1.29, 1.82) is 0 Å². The topological polar surface area (TPSA) is 58.4 Å². The number of nitrogens with two attached hydrogens (primary N) is 1. The summed E-state index contributed by atoms with van der Waals surface area (Å²) in [5.74, 6) is -1.18. The normalized spacial score (nSPS) is 21.9. The summed E-state index contributed by atoms with van der Waals surface area (Å²) >= 11 is 0. The number of urea groups is 1. The molecule has 4 nitrogen and oxygen atoms in total. The largest absolute Gasteiger partial charge is 0.331 e. The van der Waals surface area contributed by atoms with Gasteiger partial charge in [-0.1, -0.05) is 24.3 Å². The van der Waals surface area contributed by atoms with E-state index in [2.05, 4.69) is 5.32 Å². The number of hydrogen-bond donors (Lipinski definition) is 2. The number of benzene rings is 2. The lowest BCUT2D eigenvalue weighted by Crippen LogP contribution is -2.42. The van der Waals surface area contributed by atoms with Crippen LogP contribution in [0.2, 0.25) is 0 Å². The Hall–Kier alpha value is -2.47. The van der Waals surface area contributed by atoms with Crippen LogP contribution in [0.3, 0.4) is 0 Å². The number of likely N-dealkylation sites (tertiary alicyclic amines) is 1. The van der Waals surface area contributed by atoms with Crippen LogP contribution < -0.4 is 11.1 Å². The molecule has 1 fully saturated rings. The van der Waals surface area contributed by atoms with Gasteiger partial charge >= 0.3 is 6.03 Å².